The standard InChI is InChI=1S/C12H22N4/c1-10(13)11-4-3-6-16(8-11)9-12-14-5-7-15(12)2/h5,7,10-11H,3-4,6,8-9,13H2,1-2H3. The van der Waals surface area contributed by atoms with Crippen molar-refractivity contribution in [2.45, 2.75) is 32.4 Å². The summed E-state index contributed by atoms with van der Waals surface area (Å²) < 4.78 is 2.09. The van der Waals surface area contributed by atoms with Crippen molar-refractivity contribution in [1.29, 1.82) is 0 Å². The van der Waals surface area contributed by atoms with E-state index in [0.717, 1.165) is 18.9 Å². The lowest BCUT2D eigenvalue weighted by atomic mass is 9.92. The molecule has 16 heavy (non-hydrogen) atoms. The topological polar surface area (TPSA) is 47.1 Å². The van der Waals surface area contributed by atoms with Crippen molar-refractivity contribution >= 4 is 0 Å². The van der Waals surface area contributed by atoms with Crippen molar-refractivity contribution in [2.24, 2.45) is 18.7 Å². The first-order valence-electron chi connectivity index (χ1n) is 6.11. The first-order valence-corrected chi connectivity index (χ1v) is 6.11. The summed E-state index contributed by atoms with van der Waals surface area (Å²) in [7, 11) is 2.05. The molecule has 0 amide bonds. The van der Waals surface area contributed by atoms with Gasteiger partial charge < -0.3 is 10.3 Å². The number of likely N-dealkylation sites (tertiary alicyclic amines) is 1. The van der Waals surface area contributed by atoms with E-state index < -0.39 is 0 Å². The average Bonchev–Trinajstić information content (AvgIpc) is 2.65. The van der Waals surface area contributed by atoms with Gasteiger partial charge in [0.05, 0.1) is 6.54 Å². The minimum absolute atomic E-state index is 0.309. The summed E-state index contributed by atoms with van der Waals surface area (Å²) >= 11 is 0. The molecule has 0 saturated carbocycles. The molecule has 1 aromatic rings. The molecule has 1 saturated heterocycles. The van der Waals surface area contributed by atoms with E-state index in [1.165, 1.54) is 19.4 Å². The zero-order chi connectivity index (χ0) is 11.5. The molecule has 0 aliphatic carbocycles. The number of hydrogen-bond acceptors (Lipinski definition) is 3. The van der Waals surface area contributed by atoms with E-state index in [1.807, 2.05) is 12.4 Å². The van der Waals surface area contributed by atoms with Crippen LogP contribution in [0.5, 0.6) is 0 Å². The molecule has 1 aliphatic heterocycles. The second-order valence-corrected chi connectivity index (χ2v) is 4.95. The van der Waals surface area contributed by atoms with Crippen molar-refractivity contribution in [3.8, 4) is 0 Å². The summed E-state index contributed by atoms with van der Waals surface area (Å²) in [5.74, 6) is 1.79. The van der Waals surface area contributed by atoms with Gasteiger partial charge in [0.15, 0.2) is 0 Å². The van der Waals surface area contributed by atoms with Crippen LogP contribution < -0.4 is 5.73 Å². The lowest BCUT2D eigenvalue weighted by Gasteiger charge is -2.34. The van der Waals surface area contributed by atoms with Crippen LogP contribution in [0.25, 0.3) is 0 Å². The van der Waals surface area contributed by atoms with Gasteiger partial charge in [-0.2, -0.15) is 0 Å². The molecule has 1 aliphatic rings. The molecule has 2 heterocycles. The second kappa shape index (κ2) is 4.97. The van der Waals surface area contributed by atoms with Crippen LogP contribution in [0, 0.1) is 5.92 Å². The Morgan fingerprint density at radius 2 is 2.44 bits per heavy atom. The van der Waals surface area contributed by atoms with E-state index in [1.54, 1.807) is 0 Å². The van der Waals surface area contributed by atoms with Crippen LogP contribution in [-0.4, -0.2) is 33.6 Å². The molecule has 4 heteroatoms. The van der Waals surface area contributed by atoms with Crippen molar-refractivity contribution in [2.75, 3.05) is 13.1 Å². The van der Waals surface area contributed by atoms with Gasteiger partial charge in [-0.1, -0.05) is 0 Å². The van der Waals surface area contributed by atoms with Gasteiger partial charge in [-0.05, 0) is 32.2 Å². The Morgan fingerprint density at radius 3 is 3.06 bits per heavy atom. The highest BCUT2D eigenvalue weighted by molar-refractivity contribution is 4.92. The number of aromatic nitrogens is 2. The Hall–Kier alpha value is -0.870. The molecule has 90 valence electrons. The zero-order valence-corrected chi connectivity index (χ0v) is 10.3. The largest absolute Gasteiger partial charge is 0.337 e. The molecule has 4 nitrogen and oxygen atoms in total. The Balaban J connectivity index is 1.93. The van der Waals surface area contributed by atoms with Crippen LogP contribution >= 0.6 is 0 Å². The van der Waals surface area contributed by atoms with E-state index in [9.17, 15) is 0 Å². The minimum atomic E-state index is 0.309. The maximum atomic E-state index is 5.99. The second-order valence-electron chi connectivity index (χ2n) is 4.95. The molecule has 2 rings (SSSR count). The SMILES string of the molecule is CC(N)C1CCCN(Cc2nccn2C)C1. The van der Waals surface area contributed by atoms with Crippen LogP contribution in [0.2, 0.25) is 0 Å². The van der Waals surface area contributed by atoms with Gasteiger partial charge in [0.25, 0.3) is 0 Å². The first kappa shape index (κ1) is 11.6. The van der Waals surface area contributed by atoms with Gasteiger partial charge in [-0.25, -0.2) is 4.98 Å². The van der Waals surface area contributed by atoms with E-state index >= 15 is 0 Å². The van der Waals surface area contributed by atoms with E-state index in [-0.39, 0.29) is 0 Å². The number of rotatable bonds is 3. The Bertz CT molecular complexity index is 332. The van der Waals surface area contributed by atoms with Gasteiger partial charge >= 0.3 is 0 Å². The molecule has 2 atom stereocenters. The molecule has 0 aromatic carbocycles. The summed E-state index contributed by atoms with van der Waals surface area (Å²) in [4.78, 5) is 6.84. The van der Waals surface area contributed by atoms with Crippen LogP contribution in [0.1, 0.15) is 25.6 Å². The highest BCUT2D eigenvalue weighted by Gasteiger charge is 2.23. The van der Waals surface area contributed by atoms with Crippen molar-refractivity contribution in [1.82, 2.24) is 14.5 Å². The van der Waals surface area contributed by atoms with Gasteiger partial charge in [-0.15, -0.1) is 0 Å². The monoisotopic (exact) mass is 222 g/mol. The molecular weight excluding hydrogens is 200 g/mol. The van der Waals surface area contributed by atoms with Gasteiger partial charge in [0, 0.05) is 32.0 Å². The third kappa shape index (κ3) is 2.62. The van der Waals surface area contributed by atoms with Crippen LogP contribution in [0.15, 0.2) is 12.4 Å². The van der Waals surface area contributed by atoms with Gasteiger partial charge in [-0.3, -0.25) is 4.90 Å². The number of nitrogens with two attached hydrogens (primary N) is 1. The van der Waals surface area contributed by atoms with Crippen LogP contribution in [0.4, 0.5) is 0 Å². The normalized spacial score (nSPS) is 24.6. The zero-order valence-electron chi connectivity index (χ0n) is 10.3. The van der Waals surface area contributed by atoms with Crippen LogP contribution in [0.3, 0.4) is 0 Å². The summed E-state index contributed by atoms with van der Waals surface area (Å²) in [6, 6.07) is 0.309. The molecule has 1 aromatic heterocycles. The van der Waals surface area contributed by atoms with Gasteiger partial charge in [0.2, 0.25) is 0 Å². The van der Waals surface area contributed by atoms with Crippen molar-refractivity contribution in [3.63, 3.8) is 0 Å². The summed E-state index contributed by atoms with van der Waals surface area (Å²) in [6.07, 6.45) is 6.40. The highest BCUT2D eigenvalue weighted by atomic mass is 15.2. The number of hydrogen-bond donors (Lipinski definition) is 1. The Kier molecular flexibility index (Phi) is 3.61. The van der Waals surface area contributed by atoms with E-state index in [4.69, 9.17) is 5.73 Å². The van der Waals surface area contributed by atoms with Crippen LogP contribution in [-0.2, 0) is 13.6 Å². The maximum absolute atomic E-state index is 5.99. The number of aryl methyl sites for hydroxylation is 1. The molecular formula is C12H22N4. The smallest absolute Gasteiger partial charge is 0.122 e. The quantitative estimate of drug-likeness (QED) is 0.829. The van der Waals surface area contributed by atoms with Gasteiger partial charge in [0.1, 0.15) is 5.82 Å². The fraction of sp³-hybridized carbons (Fsp3) is 0.750. The summed E-state index contributed by atoms with van der Waals surface area (Å²) in [5, 5.41) is 0. The molecule has 2 unspecified atom stereocenters. The predicted octanol–water partition coefficient (Wildman–Crippen LogP) is 0.979. The van der Waals surface area contributed by atoms with E-state index in [2.05, 4.69) is 28.4 Å². The van der Waals surface area contributed by atoms with E-state index in [0.29, 0.717) is 12.0 Å². The Morgan fingerprint density at radius 1 is 1.62 bits per heavy atom. The molecule has 1 fully saturated rings. The Labute approximate surface area is 97.4 Å². The third-order valence-electron chi connectivity index (χ3n) is 3.57. The predicted molar refractivity (Wildman–Crippen MR) is 64.9 cm³/mol. The van der Waals surface area contributed by atoms with Crippen molar-refractivity contribution in [3.05, 3.63) is 18.2 Å². The summed E-state index contributed by atoms with van der Waals surface area (Å²) in [5.41, 5.74) is 5.99. The molecule has 0 spiro atoms. The fourth-order valence-electron chi connectivity index (χ4n) is 2.41. The summed E-state index contributed by atoms with van der Waals surface area (Å²) in [6.45, 7) is 5.36. The molecule has 0 bridgehead atoms. The highest BCUT2D eigenvalue weighted by Crippen LogP contribution is 2.19. The number of imidazole rings is 1. The molecule has 0 radical (unpaired) electrons. The minimum Gasteiger partial charge on any atom is -0.337 e. The number of piperidine rings is 1. The average molecular weight is 222 g/mol. The maximum Gasteiger partial charge on any atom is 0.122 e. The first-order chi connectivity index (χ1) is 7.66. The number of nitrogens with zero attached hydrogens (tertiary/aromatic N) is 3. The third-order valence-corrected chi connectivity index (χ3v) is 3.57. The fourth-order valence-corrected chi connectivity index (χ4v) is 2.41. The lowest BCUT2D eigenvalue weighted by Crippen LogP contribution is -2.42. The van der Waals surface area contributed by atoms with Crippen molar-refractivity contribution < 1.29 is 0 Å². The molecule has 2 N–H and O–H groups in total. The lowest BCUT2D eigenvalue weighted by molar-refractivity contribution is 0.150.